The zero-order valence-corrected chi connectivity index (χ0v) is 30.4. The molecule has 0 unspecified atom stereocenters. The number of esters is 3. The average molecular weight is 630 g/mol. The van der Waals surface area contributed by atoms with Gasteiger partial charge >= 0.3 is 23.9 Å². The largest absolute Gasteiger partial charge is 0.480 e. The Balaban J connectivity index is 6.32. The highest BCUT2D eigenvalue weighted by atomic mass is 16.6. The lowest BCUT2D eigenvalue weighted by Crippen LogP contribution is -2.55. The van der Waals surface area contributed by atoms with Gasteiger partial charge in [-0.05, 0) is 73.1 Å². The highest BCUT2D eigenvalue weighted by Crippen LogP contribution is 2.24. The molecule has 1 atom stereocenters. The van der Waals surface area contributed by atoms with Crippen LogP contribution in [0.4, 0.5) is 0 Å². The van der Waals surface area contributed by atoms with Gasteiger partial charge in [0.2, 0.25) is 0 Å². The van der Waals surface area contributed by atoms with E-state index in [2.05, 4.69) is 41.5 Å². The molecule has 0 aliphatic rings. The Morgan fingerprint density at radius 3 is 1.11 bits per heavy atom. The Hall–Kier alpha value is -2.24. The Morgan fingerprint density at radius 1 is 0.545 bits per heavy atom. The van der Waals surface area contributed by atoms with Gasteiger partial charge < -0.3 is 19.3 Å². The Labute approximate surface area is 266 Å². The fourth-order valence-corrected chi connectivity index (χ4v) is 4.49. The summed E-state index contributed by atoms with van der Waals surface area (Å²) in [5.41, 5.74) is -2.50. The van der Waals surface area contributed by atoms with Crippen molar-refractivity contribution in [1.29, 1.82) is 0 Å². The van der Waals surface area contributed by atoms with Crippen LogP contribution in [0.15, 0.2) is 0 Å². The SMILES string of the molecule is CC(C)(C)CN(CC(C)(C)C)[C@H](CN(CCN(CC(=O)OC(C)(C)C)CC(=O)OC(C)(C)C)CC(=O)OC(C)(C)C)C(=O)O. The van der Waals surface area contributed by atoms with E-state index >= 15 is 0 Å². The molecule has 11 nitrogen and oxygen atoms in total. The van der Waals surface area contributed by atoms with E-state index in [-0.39, 0.29) is 50.1 Å². The van der Waals surface area contributed by atoms with Crippen LogP contribution in [0.2, 0.25) is 0 Å². The molecule has 0 spiro atoms. The quantitative estimate of drug-likeness (QED) is 0.204. The normalized spacial score (nSPS) is 14.1. The molecule has 0 heterocycles. The lowest BCUT2D eigenvalue weighted by atomic mass is 9.91. The smallest absolute Gasteiger partial charge is 0.322 e. The first-order chi connectivity index (χ1) is 19.4. The van der Waals surface area contributed by atoms with Crippen molar-refractivity contribution in [2.24, 2.45) is 10.8 Å². The monoisotopic (exact) mass is 629 g/mol. The third-order valence-corrected chi connectivity index (χ3v) is 5.56. The average Bonchev–Trinajstić information content (AvgIpc) is 2.68. The van der Waals surface area contributed by atoms with Crippen molar-refractivity contribution < 1.29 is 38.5 Å². The van der Waals surface area contributed by atoms with Gasteiger partial charge in [-0.15, -0.1) is 0 Å². The number of nitrogens with zero attached hydrogens (tertiary/aromatic N) is 3. The van der Waals surface area contributed by atoms with Crippen LogP contribution < -0.4 is 0 Å². The number of hydrogen-bond donors (Lipinski definition) is 1. The molecule has 0 radical (unpaired) electrons. The fraction of sp³-hybridized carbons (Fsp3) is 0.879. The molecular weight excluding hydrogens is 566 g/mol. The summed E-state index contributed by atoms with van der Waals surface area (Å²) in [7, 11) is 0. The number of carbonyl (C=O) groups excluding carboxylic acids is 3. The zero-order valence-electron chi connectivity index (χ0n) is 30.4. The van der Waals surface area contributed by atoms with Crippen molar-refractivity contribution in [3.05, 3.63) is 0 Å². The lowest BCUT2D eigenvalue weighted by molar-refractivity contribution is -0.161. The number of rotatable bonds is 15. The summed E-state index contributed by atoms with van der Waals surface area (Å²) >= 11 is 0. The number of carboxylic acids is 1. The highest BCUT2D eigenvalue weighted by molar-refractivity contribution is 5.76. The molecule has 0 fully saturated rings. The first-order valence-electron chi connectivity index (χ1n) is 15.5. The lowest BCUT2D eigenvalue weighted by Gasteiger charge is -2.40. The van der Waals surface area contributed by atoms with E-state index < -0.39 is 46.7 Å². The molecule has 0 saturated carbocycles. The minimum absolute atomic E-state index is 0.0352. The van der Waals surface area contributed by atoms with E-state index in [9.17, 15) is 24.3 Å². The van der Waals surface area contributed by atoms with Gasteiger partial charge in [-0.1, -0.05) is 41.5 Å². The van der Waals surface area contributed by atoms with Crippen molar-refractivity contribution in [1.82, 2.24) is 14.7 Å². The van der Waals surface area contributed by atoms with Crippen molar-refractivity contribution in [3.63, 3.8) is 0 Å². The van der Waals surface area contributed by atoms with Gasteiger partial charge in [-0.25, -0.2) is 0 Å². The van der Waals surface area contributed by atoms with Crippen molar-refractivity contribution in [3.8, 4) is 0 Å². The molecule has 1 N–H and O–H groups in total. The van der Waals surface area contributed by atoms with Gasteiger partial charge in [0.15, 0.2) is 0 Å². The summed E-state index contributed by atoms with van der Waals surface area (Å²) in [5.74, 6) is -2.51. The van der Waals surface area contributed by atoms with Gasteiger partial charge in [-0.2, -0.15) is 0 Å². The standard InChI is InChI=1S/C33H63N3O8/c1-29(2,3)22-36(23-30(4,5)6)24(28(40)41)18-34(19-25(37)42-31(7,8)9)16-17-35(20-26(38)43-32(10,11)12)21-27(39)44-33(13,14)15/h24H,16-23H2,1-15H3,(H,40,41)/t24-/m1/s1. The van der Waals surface area contributed by atoms with E-state index in [4.69, 9.17) is 14.2 Å². The number of hydrogen-bond acceptors (Lipinski definition) is 10. The van der Waals surface area contributed by atoms with E-state index in [0.717, 1.165) is 0 Å². The minimum atomic E-state index is -0.993. The maximum atomic E-state index is 13.0. The number of carboxylic acid groups (broad SMARTS) is 1. The van der Waals surface area contributed by atoms with Gasteiger partial charge in [0.05, 0.1) is 19.6 Å². The van der Waals surface area contributed by atoms with Crippen LogP contribution in [0.1, 0.15) is 104 Å². The van der Waals surface area contributed by atoms with Crippen LogP contribution in [-0.4, -0.2) is 119 Å². The number of aliphatic carboxylic acids is 1. The first-order valence-corrected chi connectivity index (χ1v) is 15.5. The Morgan fingerprint density at radius 2 is 0.841 bits per heavy atom. The molecule has 258 valence electrons. The van der Waals surface area contributed by atoms with Crippen molar-refractivity contribution in [2.45, 2.75) is 127 Å². The molecule has 11 heteroatoms. The van der Waals surface area contributed by atoms with Gasteiger partial charge in [0, 0.05) is 32.7 Å². The summed E-state index contributed by atoms with van der Waals surface area (Å²) in [4.78, 5) is 56.5. The molecule has 0 aromatic carbocycles. The summed E-state index contributed by atoms with van der Waals surface area (Å²) in [6.07, 6.45) is 0. The molecule has 0 aromatic rings. The van der Waals surface area contributed by atoms with Crippen LogP contribution in [-0.2, 0) is 33.4 Å². The van der Waals surface area contributed by atoms with Crippen molar-refractivity contribution in [2.75, 3.05) is 52.4 Å². The van der Waals surface area contributed by atoms with Crippen molar-refractivity contribution >= 4 is 23.9 Å². The topological polar surface area (TPSA) is 126 Å². The first kappa shape index (κ1) is 41.8. The fourth-order valence-electron chi connectivity index (χ4n) is 4.49. The number of ether oxygens (including phenoxy) is 3. The highest BCUT2D eigenvalue weighted by Gasteiger charge is 2.34. The minimum Gasteiger partial charge on any atom is -0.480 e. The molecule has 44 heavy (non-hydrogen) atoms. The summed E-state index contributed by atoms with van der Waals surface area (Å²) in [6, 6.07) is -0.916. The van der Waals surface area contributed by atoms with Crippen LogP contribution in [0.25, 0.3) is 0 Å². The third-order valence-electron chi connectivity index (χ3n) is 5.56. The van der Waals surface area contributed by atoms with Gasteiger partial charge in [-0.3, -0.25) is 33.9 Å². The molecule has 0 rings (SSSR count). The summed E-state index contributed by atoms with van der Waals surface area (Å²) in [6.45, 7) is 29.2. The predicted octanol–water partition coefficient (Wildman–Crippen LogP) is 4.46. The van der Waals surface area contributed by atoms with Crippen LogP contribution in [0.5, 0.6) is 0 Å². The number of carbonyl (C=O) groups is 4. The second-order valence-electron chi connectivity index (χ2n) is 17.1. The predicted molar refractivity (Wildman–Crippen MR) is 172 cm³/mol. The molecule has 0 aliphatic carbocycles. The molecule has 0 bridgehead atoms. The maximum Gasteiger partial charge on any atom is 0.322 e. The Bertz CT molecular complexity index is 901. The van der Waals surface area contributed by atoms with E-state index in [0.29, 0.717) is 13.1 Å². The van der Waals surface area contributed by atoms with Crippen LogP contribution >= 0.6 is 0 Å². The molecular formula is C33H63N3O8. The van der Waals surface area contributed by atoms with E-state index in [1.54, 1.807) is 72.1 Å². The van der Waals surface area contributed by atoms with E-state index in [1.165, 1.54) is 0 Å². The third kappa shape index (κ3) is 22.3. The molecule has 0 aliphatic heterocycles. The van der Waals surface area contributed by atoms with Gasteiger partial charge in [0.25, 0.3) is 0 Å². The molecule has 0 amide bonds. The molecule has 0 saturated heterocycles. The summed E-state index contributed by atoms with van der Waals surface area (Å²) in [5, 5.41) is 10.4. The second-order valence-corrected chi connectivity index (χ2v) is 17.1. The second kappa shape index (κ2) is 16.4. The van der Waals surface area contributed by atoms with Gasteiger partial charge in [0.1, 0.15) is 22.8 Å². The Kier molecular flexibility index (Phi) is 15.5. The van der Waals surface area contributed by atoms with Crippen LogP contribution in [0.3, 0.4) is 0 Å². The summed E-state index contributed by atoms with van der Waals surface area (Å²) < 4.78 is 16.6. The zero-order chi connectivity index (χ0) is 34.9. The van der Waals surface area contributed by atoms with E-state index in [1.807, 2.05) is 4.90 Å². The molecule has 0 aromatic heterocycles. The van der Waals surface area contributed by atoms with Crippen LogP contribution in [0, 0.1) is 10.8 Å². The maximum absolute atomic E-state index is 13.0.